The summed E-state index contributed by atoms with van der Waals surface area (Å²) in [6, 6.07) is 4.80. The van der Waals surface area contributed by atoms with E-state index in [0.29, 0.717) is 24.3 Å². The van der Waals surface area contributed by atoms with Gasteiger partial charge in [0.2, 0.25) is 15.9 Å². The van der Waals surface area contributed by atoms with Gasteiger partial charge in [0.1, 0.15) is 0 Å². The zero-order chi connectivity index (χ0) is 21.1. The summed E-state index contributed by atoms with van der Waals surface area (Å²) in [5.41, 5.74) is -0.144. The highest BCUT2D eigenvalue weighted by Crippen LogP contribution is 2.33. The van der Waals surface area contributed by atoms with E-state index >= 15 is 0 Å². The molecule has 1 fully saturated rings. The normalized spacial score (nSPS) is 15.6. The first-order valence-electron chi connectivity index (χ1n) is 9.06. The molecule has 2 aromatic rings. The van der Waals surface area contributed by atoms with Crippen LogP contribution in [-0.2, 0) is 21.0 Å². The minimum atomic E-state index is -4.45. The Labute approximate surface area is 170 Å². The van der Waals surface area contributed by atoms with Crippen molar-refractivity contribution in [3.63, 3.8) is 0 Å². The number of amides is 1. The van der Waals surface area contributed by atoms with Gasteiger partial charge in [-0.1, -0.05) is 12.1 Å². The number of hydrogen-bond donors (Lipinski definition) is 1. The Bertz CT molecular complexity index is 968. The van der Waals surface area contributed by atoms with E-state index in [2.05, 4.69) is 10.3 Å². The van der Waals surface area contributed by atoms with Crippen molar-refractivity contribution in [2.24, 2.45) is 0 Å². The van der Waals surface area contributed by atoms with Crippen molar-refractivity contribution in [2.75, 3.05) is 24.2 Å². The van der Waals surface area contributed by atoms with Gasteiger partial charge < -0.3 is 5.32 Å². The number of halogens is 3. The van der Waals surface area contributed by atoms with Crippen LogP contribution in [0.2, 0.25) is 0 Å². The van der Waals surface area contributed by atoms with Gasteiger partial charge in [-0.3, -0.25) is 4.79 Å². The Morgan fingerprint density at radius 1 is 1.24 bits per heavy atom. The topological polar surface area (TPSA) is 79.4 Å². The number of nitrogens with zero attached hydrogens (tertiary/aromatic N) is 2. The quantitative estimate of drug-likeness (QED) is 0.697. The monoisotopic (exact) mass is 447 g/mol. The average molecular weight is 448 g/mol. The zero-order valence-corrected chi connectivity index (χ0v) is 17.0. The predicted molar refractivity (Wildman–Crippen MR) is 105 cm³/mol. The van der Waals surface area contributed by atoms with E-state index in [1.165, 1.54) is 16.4 Å². The van der Waals surface area contributed by atoms with Crippen LogP contribution in [0.15, 0.2) is 29.6 Å². The van der Waals surface area contributed by atoms with Gasteiger partial charge in [0, 0.05) is 30.5 Å². The molecule has 0 aliphatic carbocycles. The predicted octanol–water partition coefficient (Wildman–Crippen LogP) is 3.97. The minimum Gasteiger partial charge on any atom is -0.302 e. The Morgan fingerprint density at radius 3 is 2.66 bits per heavy atom. The van der Waals surface area contributed by atoms with Crippen LogP contribution in [0.4, 0.5) is 18.3 Å². The number of anilines is 1. The first-order chi connectivity index (χ1) is 13.6. The minimum absolute atomic E-state index is 0.0194. The smallest absolute Gasteiger partial charge is 0.302 e. The third-order valence-electron chi connectivity index (χ3n) is 4.50. The maximum absolute atomic E-state index is 12.8. The molecular formula is C18H20F3N3O3S2. The Kier molecular flexibility index (Phi) is 6.59. The van der Waals surface area contributed by atoms with E-state index < -0.39 is 21.8 Å². The molecule has 1 aliphatic heterocycles. The van der Waals surface area contributed by atoms with E-state index in [1.54, 1.807) is 5.38 Å². The Hall–Kier alpha value is -1.98. The number of rotatable bonds is 7. The van der Waals surface area contributed by atoms with Gasteiger partial charge in [-0.15, -0.1) is 11.3 Å². The highest BCUT2D eigenvalue weighted by molar-refractivity contribution is 7.89. The number of nitrogens with one attached hydrogen (secondary N) is 1. The molecular weight excluding hydrogens is 427 g/mol. The molecule has 11 heteroatoms. The summed E-state index contributed by atoms with van der Waals surface area (Å²) in [7, 11) is -3.33. The molecule has 3 rings (SSSR count). The largest absolute Gasteiger partial charge is 0.416 e. The number of hydrogen-bond acceptors (Lipinski definition) is 5. The van der Waals surface area contributed by atoms with Crippen LogP contribution in [0.1, 0.15) is 31.2 Å². The van der Waals surface area contributed by atoms with Crippen LogP contribution in [0.3, 0.4) is 0 Å². The van der Waals surface area contributed by atoms with Gasteiger partial charge in [-0.05, 0) is 31.4 Å². The Morgan fingerprint density at radius 2 is 1.97 bits per heavy atom. The molecule has 29 heavy (non-hydrogen) atoms. The first-order valence-corrected chi connectivity index (χ1v) is 11.5. The van der Waals surface area contributed by atoms with E-state index in [9.17, 15) is 26.4 Å². The number of thiazole rings is 1. The van der Waals surface area contributed by atoms with E-state index in [1.807, 2.05) is 0 Å². The standard InChI is InChI=1S/C18H20F3N3O3S2/c19-18(20,21)14-6-3-5-13(11-14)15-12-28-17(22-15)23-16(25)7-4-10-29(26,27)24-8-1-2-9-24/h3,5-6,11-12H,1-2,4,7-10H2,(H,22,23,25). The molecule has 0 atom stereocenters. The second-order valence-electron chi connectivity index (χ2n) is 6.69. The lowest BCUT2D eigenvalue weighted by molar-refractivity contribution is -0.137. The van der Waals surface area contributed by atoms with Crippen molar-refractivity contribution in [3.8, 4) is 11.3 Å². The fraction of sp³-hybridized carbons (Fsp3) is 0.444. The number of aromatic nitrogens is 1. The van der Waals surface area contributed by atoms with Crippen molar-refractivity contribution in [1.82, 2.24) is 9.29 Å². The molecule has 1 amide bonds. The molecule has 1 aromatic carbocycles. The molecule has 6 nitrogen and oxygen atoms in total. The van der Waals surface area contributed by atoms with Gasteiger partial charge in [-0.2, -0.15) is 13.2 Å². The van der Waals surface area contributed by atoms with Gasteiger partial charge in [-0.25, -0.2) is 17.7 Å². The highest BCUT2D eigenvalue weighted by Gasteiger charge is 2.30. The van der Waals surface area contributed by atoms with Gasteiger partial charge in [0.25, 0.3) is 0 Å². The molecule has 1 aromatic heterocycles. The second-order valence-corrected chi connectivity index (χ2v) is 9.64. The van der Waals surface area contributed by atoms with E-state index in [0.717, 1.165) is 36.3 Å². The lowest BCUT2D eigenvalue weighted by atomic mass is 10.1. The molecule has 0 saturated carbocycles. The van der Waals surface area contributed by atoms with Crippen molar-refractivity contribution in [3.05, 3.63) is 35.2 Å². The molecule has 0 unspecified atom stereocenters. The number of alkyl halides is 3. The molecule has 158 valence electrons. The molecule has 1 saturated heterocycles. The number of carbonyl (C=O) groups is 1. The van der Waals surface area contributed by atoms with Crippen LogP contribution < -0.4 is 5.32 Å². The van der Waals surface area contributed by atoms with Crippen molar-refractivity contribution in [1.29, 1.82) is 0 Å². The highest BCUT2D eigenvalue weighted by atomic mass is 32.2. The summed E-state index contributed by atoms with van der Waals surface area (Å²) in [5.74, 6) is -0.472. The van der Waals surface area contributed by atoms with Crippen molar-refractivity contribution < 1.29 is 26.4 Å². The lowest BCUT2D eigenvalue weighted by Crippen LogP contribution is -2.30. The Balaban J connectivity index is 1.54. The molecule has 1 aliphatic rings. The van der Waals surface area contributed by atoms with Gasteiger partial charge >= 0.3 is 6.18 Å². The van der Waals surface area contributed by atoms with Crippen LogP contribution in [-0.4, -0.2) is 42.5 Å². The molecule has 1 N–H and O–H groups in total. The molecule has 2 heterocycles. The summed E-state index contributed by atoms with van der Waals surface area (Å²) in [6.07, 6.45) is -2.52. The third-order valence-corrected chi connectivity index (χ3v) is 7.21. The molecule has 0 spiro atoms. The summed E-state index contributed by atoms with van der Waals surface area (Å²) in [6.45, 7) is 1.07. The van der Waals surface area contributed by atoms with Crippen molar-refractivity contribution >= 4 is 32.4 Å². The molecule has 0 radical (unpaired) electrons. The van der Waals surface area contributed by atoms with Gasteiger partial charge in [0.15, 0.2) is 5.13 Å². The summed E-state index contributed by atoms with van der Waals surface area (Å²) in [5, 5.41) is 4.38. The van der Waals surface area contributed by atoms with E-state index in [4.69, 9.17) is 0 Å². The SMILES string of the molecule is O=C(CCCS(=O)(=O)N1CCCC1)Nc1nc(-c2cccc(C(F)(F)F)c2)cs1. The number of benzene rings is 1. The third kappa shape index (κ3) is 5.77. The summed E-state index contributed by atoms with van der Waals surface area (Å²) in [4.78, 5) is 16.2. The van der Waals surface area contributed by atoms with Crippen molar-refractivity contribution in [2.45, 2.75) is 31.9 Å². The van der Waals surface area contributed by atoms with Crippen LogP contribution in [0.25, 0.3) is 11.3 Å². The number of sulfonamides is 1. The fourth-order valence-electron chi connectivity index (χ4n) is 3.01. The van der Waals surface area contributed by atoms with Crippen LogP contribution in [0, 0.1) is 0 Å². The molecule has 0 bridgehead atoms. The first kappa shape index (κ1) is 21.7. The second kappa shape index (κ2) is 8.80. The summed E-state index contributed by atoms with van der Waals surface area (Å²) < 4.78 is 64.2. The maximum atomic E-state index is 12.8. The fourth-order valence-corrected chi connectivity index (χ4v) is 5.33. The average Bonchev–Trinajstić information content (AvgIpc) is 3.33. The van der Waals surface area contributed by atoms with Crippen LogP contribution >= 0.6 is 11.3 Å². The maximum Gasteiger partial charge on any atom is 0.416 e. The number of carbonyl (C=O) groups excluding carboxylic acids is 1. The lowest BCUT2D eigenvalue weighted by Gasteiger charge is -2.14. The van der Waals surface area contributed by atoms with E-state index in [-0.39, 0.29) is 29.6 Å². The zero-order valence-electron chi connectivity index (χ0n) is 15.4. The van der Waals surface area contributed by atoms with Crippen LogP contribution in [0.5, 0.6) is 0 Å². The van der Waals surface area contributed by atoms with Gasteiger partial charge in [0.05, 0.1) is 17.0 Å². The summed E-state index contributed by atoms with van der Waals surface area (Å²) >= 11 is 1.09.